The van der Waals surface area contributed by atoms with Crippen LogP contribution in [0.3, 0.4) is 0 Å². The number of benzene rings is 1. The zero-order chi connectivity index (χ0) is 14.2. The van der Waals surface area contributed by atoms with Gasteiger partial charge < -0.3 is 10.1 Å². The molecule has 3 nitrogen and oxygen atoms in total. The van der Waals surface area contributed by atoms with Gasteiger partial charge in [0.25, 0.3) is 0 Å². The Kier molecular flexibility index (Phi) is 5.56. The smallest absolute Gasteiger partial charge is 0.122 e. The first-order valence-corrected chi connectivity index (χ1v) is 7.02. The number of methoxy groups -OCH3 is 1. The average molecular weight is 270 g/mol. The molecular weight excluding hydrogens is 248 g/mol. The fourth-order valence-corrected chi connectivity index (χ4v) is 2.35. The van der Waals surface area contributed by atoms with Crippen LogP contribution < -0.4 is 10.1 Å². The summed E-state index contributed by atoms with van der Waals surface area (Å²) in [4.78, 5) is 4.37. The van der Waals surface area contributed by atoms with Crippen molar-refractivity contribution in [2.75, 3.05) is 14.2 Å². The molecule has 0 bridgehead atoms. The molecule has 0 saturated carbocycles. The Morgan fingerprint density at radius 1 is 1.15 bits per heavy atom. The number of aromatic nitrogens is 1. The van der Waals surface area contributed by atoms with Gasteiger partial charge >= 0.3 is 0 Å². The number of nitrogens with zero attached hydrogens (tertiary/aromatic N) is 1. The first-order chi connectivity index (χ1) is 9.83. The van der Waals surface area contributed by atoms with Gasteiger partial charge in [-0.15, -0.1) is 0 Å². The number of hydrogen-bond acceptors (Lipinski definition) is 3. The van der Waals surface area contributed by atoms with Crippen LogP contribution in [-0.2, 0) is 12.8 Å². The van der Waals surface area contributed by atoms with Crippen molar-refractivity contribution in [1.82, 2.24) is 10.3 Å². The highest BCUT2D eigenvalue weighted by Gasteiger charge is 2.11. The third-order valence-electron chi connectivity index (χ3n) is 3.54. The first-order valence-electron chi connectivity index (χ1n) is 7.02. The summed E-state index contributed by atoms with van der Waals surface area (Å²) in [5.74, 6) is 0.964. The van der Waals surface area contributed by atoms with Gasteiger partial charge in [-0.25, -0.2) is 0 Å². The van der Waals surface area contributed by atoms with Crippen LogP contribution in [0.4, 0.5) is 0 Å². The third-order valence-corrected chi connectivity index (χ3v) is 3.54. The third kappa shape index (κ3) is 4.07. The Labute approximate surface area is 121 Å². The van der Waals surface area contributed by atoms with Crippen LogP contribution in [0, 0.1) is 0 Å². The van der Waals surface area contributed by atoms with Gasteiger partial charge in [-0.3, -0.25) is 4.98 Å². The monoisotopic (exact) mass is 270 g/mol. The molecule has 1 aromatic carbocycles. The summed E-state index contributed by atoms with van der Waals surface area (Å²) in [7, 11) is 3.74. The maximum absolute atomic E-state index is 5.41. The lowest BCUT2D eigenvalue weighted by molar-refractivity contribution is 0.404. The molecule has 1 atom stereocenters. The fourth-order valence-electron chi connectivity index (χ4n) is 2.35. The average Bonchev–Trinajstić information content (AvgIpc) is 2.52. The molecule has 106 valence electrons. The predicted molar refractivity (Wildman–Crippen MR) is 82.1 cm³/mol. The van der Waals surface area contributed by atoms with E-state index in [0.717, 1.165) is 30.7 Å². The standard InChI is InChI=1S/C17H22N2O/c1-18-16(11-10-15-8-5-6-12-19-15)13-14-7-3-4-9-17(14)20-2/h3-9,12,16,18H,10-11,13H2,1-2H3. The second-order valence-corrected chi connectivity index (χ2v) is 4.86. The van der Waals surface area contributed by atoms with Crippen molar-refractivity contribution in [2.24, 2.45) is 0 Å². The van der Waals surface area contributed by atoms with Gasteiger partial charge in [0, 0.05) is 17.9 Å². The molecular formula is C17H22N2O. The molecule has 0 fully saturated rings. The van der Waals surface area contributed by atoms with E-state index >= 15 is 0 Å². The van der Waals surface area contributed by atoms with Crippen LogP contribution in [0.2, 0.25) is 0 Å². The lowest BCUT2D eigenvalue weighted by atomic mass is 10.00. The molecule has 0 saturated heterocycles. The maximum Gasteiger partial charge on any atom is 0.122 e. The first kappa shape index (κ1) is 14.5. The van der Waals surface area contributed by atoms with Gasteiger partial charge in [0.2, 0.25) is 0 Å². The normalized spacial score (nSPS) is 12.1. The molecule has 1 unspecified atom stereocenters. The minimum atomic E-state index is 0.424. The van der Waals surface area contributed by atoms with Crippen molar-refractivity contribution in [3.05, 3.63) is 59.9 Å². The number of aryl methyl sites for hydroxylation is 1. The molecule has 0 radical (unpaired) electrons. The Bertz CT molecular complexity index is 513. The number of hydrogen-bond donors (Lipinski definition) is 1. The van der Waals surface area contributed by atoms with Crippen LogP contribution in [0.25, 0.3) is 0 Å². The van der Waals surface area contributed by atoms with E-state index in [4.69, 9.17) is 4.74 Å². The number of pyridine rings is 1. The van der Waals surface area contributed by atoms with Gasteiger partial charge in [-0.1, -0.05) is 24.3 Å². The van der Waals surface area contributed by atoms with Gasteiger partial charge in [-0.05, 0) is 50.1 Å². The van der Waals surface area contributed by atoms with E-state index in [1.165, 1.54) is 5.56 Å². The van der Waals surface area contributed by atoms with E-state index in [2.05, 4.69) is 28.5 Å². The highest BCUT2D eigenvalue weighted by molar-refractivity contribution is 5.33. The molecule has 1 N–H and O–H groups in total. The van der Waals surface area contributed by atoms with E-state index in [1.807, 2.05) is 37.5 Å². The minimum absolute atomic E-state index is 0.424. The number of para-hydroxylation sites is 1. The van der Waals surface area contributed by atoms with Crippen molar-refractivity contribution >= 4 is 0 Å². The van der Waals surface area contributed by atoms with E-state index in [1.54, 1.807) is 7.11 Å². The molecule has 2 aromatic rings. The summed E-state index contributed by atoms with van der Waals surface area (Å²) < 4.78 is 5.41. The fraction of sp³-hybridized carbons (Fsp3) is 0.353. The van der Waals surface area contributed by atoms with E-state index in [0.29, 0.717) is 6.04 Å². The Hall–Kier alpha value is -1.87. The Morgan fingerprint density at radius 3 is 2.65 bits per heavy atom. The molecule has 0 aliphatic carbocycles. The number of rotatable bonds is 7. The summed E-state index contributed by atoms with van der Waals surface area (Å²) in [5, 5.41) is 3.39. The van der Waals surface area contributed by atoms with Crippen LogP contribution in [0.1, 0.15) is 17.7 Å². The van der Waals surface area contributed by atoms with Crippen LogP contribution >= 0.6 is 0 Å². The Morgan fingerprint density at radius 2 is 1.95 bits per heavy atom. The summed E-state index contributed by atoms with van der Waals surface area (Å²) in [6.07, 6.45) is 4.87. The van der Waals surface area contributed by atoms with Gasteiger partial charge in [0.1, 0.15) is 5.75 Å². The molecule has 2 rings (SSSR count). The molecule has 0 spiro atoms. The van der Waals surface area contributed by atoms with E-state index in [9.17, 15) is 0 Å². The molecule has 20 heavy (non-hydrogen) atoms. The summed E-state index contributed by atoms with van der Waals surface area (Å²) in [5.41, 5.74) is 2.39. The molecule has 0 aliphatic rings. The molecule has 1 heterocycles. The van der Waals surface area contributed by atoms with Crippen molar-refractivity contribution in [1.29, 1.82) is 0 Å². The van der Waals surface area contributed by atoms with Crippen molar-refractivity contribution in [2.45, 2.75) is 25.3 Å². The quantitative estimate of drug-likeness (QED) is 0.840. The van der Waals surface area contributed by atoms with Crippen molar-refractivity contribution < 1.29 is 4.74 Å². The second-order valence-electron chi connectivity index (χ2n) is 4.86. The number of ether oxygens (including phenoxy) is 1. The Balaban J connectivity index is 1.95. The molecule has 1 aromatic heterocycles. The highest BCUT2D eigenvalue weighted by Crippen LogP contribution is 2.20. The lowest BCUT2D eigenvalue weighted by Gasteiger charge is -2.17. The summed E-state index contributed by atoms with van der Waals surface area (Å²) in [6.45, 7) is 0. The zero-order valence-corrected chi connectivity index (χ0v) is 12.2. The van der Waals surface area contributed by atoms with Crippen molar-refractivity contribution in [3.63, 3.8) is 0 Å². The minimum Gasteiger partial charge on any atom is -0.496 e. The zero-order valence-electron chi connectivity index (χ0n) is 12.2. The second kappa shape index (κ2) is 7.65. The van der Waals surface area contributed by atoms with Gasteiger partial charge in [0.05, 0.1) is 7.11 Å². The molecule has 0 aliphatic heterocycles. The van der Waals surface area contributed by atoms with Crippen LogP contribution in [-0.4, -0.2) is 25.2 Å². The van der Waals surface area contributed by atoms with Crippen LogP contribution in [0.5, 0.6) is 5.75 Å². The topological polar surface area (TPSA) is 34.2 Å². The van der Waals surface area contributed by atoms with Crippen LogP contribution in [0.15, 0.2) is 48.7 Å². The lowest BCUT2D eigenvalue weighted by Crippen LogP contribution is -2.28. The highest BCUT2D eigenvalue weighted by atomic mass is 16.5. The van der Waals surface area contributed by atoms with Crippen molar-refractivity contribution in [3.8, 4) is 5.75 Å². The largest absolute Gasteiger partial charge is 0.496 e. The maximum atomic E-state index is 5.41. The summed E-state index contributed by atoms with van der Waals surface area (Å²) in [6, 6.07) is 14.7. The SMILES string of the molecule is CNC(CCc1ccccn1)Cc1ccccc1OC. The van der Waals surface area contributed by atoms with Gasteiger partial charge in [0.15, 0.2) is 0 Å². The van der Waals surface area contributed by atoms with E-state index < -0.39 is 0 Å². The van der Waals surface area contributed by atoms with E-state index in [-0.39, 0.29) is 0 Å². The number of likely N-dealkylation sites (N-methyl/N-ethyl adjacent to an activating group) is 1. The number of nitrogens with one attached hydrogen (secondary N) is 1. The summed E-state index contributed by atoms with van der Waals surface area (Å²) >= 11 is 0. The predicted octanol–water partition coefficient (Wildman–Crippen LogP) is 2.85. The molecule has 0 amide bonds. The molecule has 3 heteroatoms. The van der Waals surface area contributed by atoms with Gasteiger partial charge in [-0.2, -0.15) is 0 Å².